The number of aromatic hydroxyl groups is 1. The van der Waals surface area contributed by atoms with E-state index < -0.39 is 24.0 Å². The van der Waals surface area contributed by atoms with Gasteiger partial charge in [-0.25, -0.2) is 0 Å². The van der Waals surface area contributed by atoms with Crippen LogP contribution in [-0.4, -0.2) is 58.1 Å². The molecule has 0 amide bonds. The number of ether oxygens (including phenoxy) is 6. The fourth-order valence-corrected chi connectivity index (χ4v) is 9.91. The number of hydrogen-bond donors (Lipinski definition) is 1. The van der Waals surface area contributed by atoms with E-state index in [-0.39, 0.29) is 50.7 Å². The van der Waals surface area contributed by atoms with Crippen molar-refractivity contribution >= 4 is 23.5 Å². The van der Waals surface area contributed by atoms with Crippen LogP contribution in [0.1, 0.15) is 147 Å². The topological polar surface area (TPSA) is 75.6 Å². The zero-order valence-electron chi connectivity index (χ0n) is 35.1. The van der Waals surface area contributed by atoms with Gasteiger partial charge in [-0.15, -0.1) is 23.5 Å². The van der Waals surface area contributed by atoms with Gasteiger partial charge in [-0.05, 0) is 87.5 Å². The summed E-state index contributed by atoms with van der Waals surface area (Å²) in [6.45, 7) is 39.0. The summed E-state index contributed by atoms with van der Waals surface area (Å²) in [7, 11) is 0. The van der Waals surface area contributed by atoms with Gasteiger partial charge in [0.2, 0.25) is 0 Å². The molecule has 292 valence electrons. The molecule has 52 heavy (non-hydrogen) atoms. The number of phenolic OH excluding ortho intramolecular Hbond substituents is 1. The first-order valence-corrected chi connectivity index (χ1v) is 20.4. The monoisotopic (exact) mass is 758 g/mol. The molecule has 3 fully saturated rings. The van der Waals surface area contributed by atoms with Crippen LogP contribution in [0, 0.1) is 0 Å². The minimum Gasteiger partial charge on any atom is -0.507 e. The molecule has 0 aromatic heterocycles. The second-order valence-corrected chi connectivity index (χ2v) is 24.0. The Hall–Kier alpha value is -1.46. The molecule has 2 aromatic carbocycles. The fourth-order valence-electron chi connectivity index (χ4n) is 7.32. The van der Waals surface area contributed by atoms with E-state index in [0.29, 0.717) is 5.75 Å². The Labute approximate surface area is 323 Å². The first-order valence-electron chi connectivity index (χ1n) is 18.8. The predicted molar refractivity (Wildman–Crippen MR) is 213 cm³/mol. The Bertz CT molecular complexity index is 1560. The van der Waals surface area contributed by atoms with Crippen molar-refractivity contribution < 1.29 is 33.5 Å². The molecule has 0 aliphatic carbocycles. The zero-order chi connectivity index (χ0) is 39.2. The molecule has 0 unspecified atom stereocenters. The van der Waals surface area contributed by atoms with Crippen LogP contribution in [0.25, 0.3) is 0 Å². The summed E-state index contributed by atoms with van der Waals surface area (Å²) in [5.74, 6) is -0.257. The van der Waals surface area contributed by atoms with Crippen LogP contribution in [-0.2, 0) is 45.3 Å². The number of phenols is 1. The minimum absolute atomic E-state index is 0.191. The van der Waals surface area contributed by atoms with Crippen LogP contribution in [0.3, 0.4) is 0 Å². The van der Waals surface area contributed by atoms with Gasteiger partial charge in [-0.2, -0.15) is 0 Å². The predicted octanol–water partition coefficient (Wildman–Crippen LogP) is 11.0. The molecule has 3 heterocycles. The molecule has 5 atom stereocenters. The third-order valence-electron chi connectivity index (χ3n) is 9.75. The summed E-state index contributed by atoms with van der Waals surface area (Å²) in [6, 6.07) is 8.98. The van der Waals surface area contributed by atoms with E-state index in [1.54, 1.807) is 0 Å². The normalized spacial score (nSPS) is 26.3. The van der Waals surface area contributed by atoms with Crippen molar-refractivity contribution in [3.05, 3.63) is 46.5 Å². The van der Waals surface area contributed by atoms with Crippen molar-refractivity contribution in [3.63, 3.8) is 0 Å². The lowest BCUT2D eigenvalue weighted by Gasteiger charge is -2.38. The molecule has 3 aliphatic rings. The van der Waals surface area contributed by atoms with Crippen LogP contribution in [0.5, 0.6) is 11.5 Å². The third kappa shape index (κ3) is 9.14. The highest BCUT2D eigenvalue weighted by Crippen LogP contribution is 2.52. The summed E-state index contributed by atoms with van der Waals surface area (Å²) in [6.07, 6.45) is -2.07. The maximum Gasteiger partial charge on any atom is 0.190 e. The van der Waals surface area contributed by atoms with E-state index in [1.807, 2.05) is 51.2 Å². The number of benzene rings is 2. The van der Waals surface area contributed by atoms with Crippen molar-refractivity contribution in [1.29, 1.82) is 0 Å². The Kier molecular flexibility index (Phi) is 10.9. The van der Waals surface area contributed by atoms with Gasteiger partial charge in [0.15, 0.2) is 17.9 Å². The summed E-state index contributed by atoms with van der Waals surface area (Å²) in [5.41, 5.74) is 3.47. The lowest BCUT2D eigenvalue weighted by molar-refractivity contribution is -0.238. The largest absolute Gasteiger partial charge is 0.507 e. The van der Waals surface area contributed by atoms with E-state index >= 15 is 0 Å². The molecular weight excluding hydrogens is 693 g/mol. The van der Waals surface area contributed by atoms with Gasteiger partial charge in [0.25, 0.3) is 0 Å². The summed E-state index contributed by atoms with van der Waals surface area (Å²) < 4.78 is 38.4. The van der Waals surface area contributed by atoms with Gasteiger partial charge in [-0.1, -0.05) is 83.1 Å². The Morgan fingerprint density at radius 3 is 1.40 bits per heavy atom. The maximum absolute atomic E-state index is 11.4. The van der Waals surface area contributed by atoms with Crippen LogP contribution in [0.4, 0.5) is 0 Å². The zero-order valence-corrected chi connectivity index (χ0v) is 36.7. The average Bonchev–Trinajstić information content (AvgIpc) is 3.43. The van der Waals surface area contributed by atoms with E-state index in [2.05, 4.69) is 121 Å². The van der Waals surface area contributed by atoms with Gasteiger partial charge >= 0.3 is 0 Å². The molecule has 0 bridgehead atoms. The molecule has 0 saturated carbocycles. The number of hydrogen-bond acceptors (Lipinski definition) is 9. The fraction of sp³-hybridized carbons (Fsp3) is 0.721. The summed E-state index contributed by atoms with van der Waals surface area (Å²) in [5, 5.41) is 11.4. The number of rotatable bonds is 7. The minimum atomic E-state index is -0.782. The van der Waals surface area contributed by atoms with Crippen molar-refractivity contribution in [2.24, 2.45) is 0 Å². The summed E-state index contributed by atoms with van der Waals surface area (Å²) in [4.78, 5) is 2.35. The van der Waals surface area contributed by atoms with Crippen molar-refractivity contribution in [1.82, 2.24) is 0 Å². The average molecular weight is 759 g/mol. The first-order chi connectivity index (χ1) is 23.4. The van der Waals surface area contributed by atoms with Gasteiger partial charge in [0.05, 0.1) is 4.08 Å². The standard InChI is InChI=1S/C43H66O7S2/c1-37(2,3)26-19-24(20-27(31(26)44)38(4,5)6)51-43(17,18)52-25-21-28(39(7,8)9)32(29(22-25)40(10,11)12)45-23-30-33-34(48-41(13,14)47-33)35-36(46-30)50-42(15,16)49-35/h19-22,30,33-36,44H,23H2,1-18H3/t30-,33+,34+,35-,36-/m1/s1. The van der Waals surface area contributed by atoms with Gasteiger partial charge in [0.1, 0.15) is 42.5 Å². The molecule has 0 spiro atoms. The highest BCUT2D eigenvalue weighted by atomic mass is 32.2. The Morgan fingerprint density at radius 2 is 0.962 bits per heavy atom. The van der Waals surface area contributed by atoms with Crippen molar-refractivity contribution in [2.45, 2.75) is 202 Å². The number of fused-ring (bicyclic) bond motifs is 3. The molecule has 3 saturated heterocycles. The maximum atomic E-state index is 11.4. The first kappa shape index (κ1) is 41.7. The van der Waals surface area contributed by atoms with E-state index in [1.165, 1.54) is 4.90 Å². The van der Waals surface area contributed by atoms with Gasteiger partial charge < -0.3 is 33.5 Å². The van der Waals surface area contributed by atoms with Crippen LogP contribution in [0.2, 0.25) is 0 Å². The van der Waals surface area contributed by atoms with Gasteiger partial charge in [-0.3, -0.25) is 0 Å². The molecule has 7 nitrogen and oxygen atoms in total. The van der Waals surface area contributed by atoms with E-state index in [4.69, 9.17) is 28.4 Å². The van der Waals surface area contributed by atoms with E-state index in [0.717, 1.165) is 32.9 Å². The highest BCUT2D eigenvalue weighted by Gasteiger charge is 2.61. The van der Waals surface area contributed by atoms with Crippen LogP contribution >= 0.6 is 23.5 Å². The summed E-state index contributed by atoms with van der Waals surface area (Å²) >= 11 is 3.70. The lowest BCUT2D eigenvalue weighted by atomic mass is 9.79. The SMILES string of the molecule is CC1(C)O[C@H]2[C@@H](O1)[C@@H](COc1c(C(C)(C)C)cc(SC(C)(C)Sc3cc(C(C)(C)C)c(O)c(C(C)(C)C)c3)cc1C(C)(C)C)O[C@@H]1OC(C)(C)O[C@@H]12. The second-order valence-electron chi connectivity index (χ2n) is 20.3. The molecule has 1 N–H and O–H groups in total. The van der Waals surface area contributed by atoms with Crippen molar-refractivity contribution in [3.8, 4) is 11.5 Å². The number of thioether (sulfide) groups is 2. The molecule has 2 aromatic rings. The lowest BCUT2D eigenvalue weighted by Crippen LogP contribution is -2.56. The highest BCUT2D eigenvalue weighted by molar-refractivity contribution is 8.18. The molecule has 0 radical (unpaired) electrons. The quantitative estimate of drug-likeness (QED) is 0.219. The smallest absolute Gasteiger partial charge is 0.190 e. The third-order valence-corrected chi connectivity index (χ3v) is 12.2. The molecule has 9 heteroatoms. The molecule has 5 rings (SSSR count). The van der Waals surface area contributed by atoms with Gasteiger partial charge in [0, 0.05) is 32.0 Å². The van der Waals surface area contributed by atoms with E-state index in [9.17, 15) is 5.11 Å². The van der Waals surface area contributed by atoms with Crippen molar-refractivity contribution in [2.75, 3.05) is 6.61 Å². The van der Waals surface area contributed by atoms with Crippen LogP contribution < -0.4 is 4.74 Å². The Morgan fingerprint density at radius 1 is 0.577 bits per heavy atom. The molecular formula is C43H66O7S2. The molecule has 3 aliphatic heterocycles. The van der Waals surface area contributed by atoms with Crippen LogP contribution in [0.15, 0.2) is 34.1 Å². The Balaban J connectivity index is 1.47. The second kappa shape index (κ2) is 13.6.